The number of nitrogens with zero attached hydrogens (tertiary/aromatic N) is 1. The van der Waals surface area contributed by atoms with E-state index in [1.54, 1.807) is 0 Å². The molecule has 1 aromatic rings. The second-order valence-electron chi connectivity index (χ2n) is 7.25. The Balaban J connectivity index is 1.48. The number of hydrogen-bond donors (Lipinski definition) is 1. The number of carbonyl (C=O) groups is 4. The highest BCUT2D eigenvalue weighted by molar-refractivity contribution is 6.07. The Morgan fingerprint density at radius 2 is 1.68 bits per heavy atom. The first-order valence-electron chi connectivity index (χ1n) is 9.39. The Morgan fingerprint density at radius 3 is 2.25 bits per heavy atom. The Kier molecular flexibility index (Phi) is 5.92. The van der Waals surface area contributed by atoms with Crippen LogP contribution in [-0.4, -0.2) is 41.2 Å². The van der Waals surface area contributed by atoms with Crippen LogP contribution < -0.4 is 5.32 Å². The van der Waals surface area contributed by atoms with Gasteiger partial charge in [0.15, 0.2) is 6.10 Å². The molecule has 0 radical (unpaired) electrons. The summed E-state index contributed by atoms with van der Waals surface area (Å²) < 4.78 is 5.12. The standard InChI is InChI=1S/C21H24N2O5/c1-13-7-9-15(10-8-13)11-22-19(25)14(2)28-18(24)12-23-20(26)16-5-3-4-6-17(16)21(23)27/h3-4,7-10,14,16-17H,5-6,11-12H2,1-2H3,(H,22,25)/t14-,16-,17-/m0/s1. The van der Waals surface area contributed by atoms with E-state index in [0.29, 0.717) is 19.4 Å². The summed E-state index contributed by atoms with van der Waals surface area (Å²) in [5.41, 5.74) is 2.06. The van der Waals surface area contributed by atoms with Crippen LogP contribution in [0.25, 0.3) is 0 Å². The number of aryl methyl sites for hydroxylation is 1. The average molecular weight is 384 g/mol. The van der Waals surface area contributed by atoms with Gasteiger partial charge >= 0.3 is 5.97 Å². The third-order valence-corrected chi connectivity index (χ3v) is 5.15. The second-order valence-corrected chi connectivity index (χ2v) is 7.25. The molecule has 0 unspecified atom stereocenters. The topological polar surface area (TPSA) is 92.8 Å². The number of carbonyl (C=O) groups excluding carboxylic acids is 4. The SMILES string of the molecule is Cc1ccc(CNC(=O)[C@H](C)OC(=O)CN2C(=O)[C@H]3CC=CC[C@@H]3C2=O)cc1. The van der Waals surface area contributed by atoms with E-state index in [9.17, 15) is 19.2 Å². The van der Waals surface area contributed by atoms with Crippen LogP contribution in [0.1, 0.15) is 30.9 Å². The van der Waals surface area contributed by atoms with E-state index in [4.69, 9.17) is 4.74 Å². The predicted molar refractivity (Wildman–Crippen MR) is 101 cm³/mol. The zero-order valence-corrected chi connectivity index (χ0v) is 16.0. The molecule has 7 nitrogen and oxygen atoms in total. The summed E-state index contributed by atoms with van der Waals surface area (Å²) in [5, 5.41) is 2.70. The zero-order valence-electron chi connectivity index (χ0n) is 16.0. The van der Waals surface area contributed by atoms with Crippen LogP contribution in [0.4, 0.5) is 0 Å². The highest BCUT2D eigenvalue weighted by atomic mass is 16.5. The van der Waals surface area contributed by atoms with Gasteiger partial charge in [-0.3, -0.25) is 24.1 Å². The van der Waals surface area contributed by atoms with Gasteiger partial charge < -0.3 is 10.1 Å². The molecule has 3 rings (SSSR count). The van der Waals surface area contributed by atoms with Crippen LogP contribution in [0.2, 0.25) is 0 Å². The van der Waals surface area contributed by atoms with E-state index in [0.717, 1.165) is 16.0 Å². The molecule has 1 N–H and O–H groups in total. The summed E-state index contributed by atoms with van der Waals surface area (Å²) >= 11 is 0. The molecule has 0 saturated carbocycles. The number of ether oxygens (including phenoxy) is 1. The maximum absolute atomic E-state index is 12.4. The van der Waals surface area contributed by atoms with Crippen LogP contribution >= 0.6 is 0 Å². The van der Waals surface area contributed by atoms with Gasteiger partial charge in [0.05, 0.1) is 11.8 Å². The lowest BCUT2D eigenvalue weighted by atomic mass is 9.85. The van der Waals surface area contributed by atoms with Gasteiger partial charge in [-0.05, 0) is 32.3 Å². The second kappa shape index (κ2) is 8.37. The van der Waals surface area contributed by atoms with Gasteiger partial charge in [-0.1, -0.05) is 42.0 Å². The summed E-state index contributed by atoms with van der Waals surface area (Å²) in [4.78, 5) is 50.0. The summed E-state index contributed by atoms with van der Waals surface area (Å²) in [5.74, 6) is -2.67. The number of esters is 1. The van der Waals surface area contributed by atoms with E-state index in [-0.39, 0.29) is 23.7 Å². The quantitative estimate of drug-likeness (QED) is 0.456. The van der Waals surface area contributed by atoms with Gasteiger partial charge in [0.2, 0.25) is 11.8 Å². The van der Waals surface area contributed by atoms with Crippen molar-refractivity contribution in [3.05, 3.63) is 47.5 Å². The number of likely N-dealkylation sites (tertiary alicyclic amines) is 1. The number of fused-ring (bicyclic) bond motifs is 1. The van der Waals surface area contributed by atoms with Crippen molar-refractivity contribution in [2.75, 3.05) is 6.54 Å². The Labute approximate surface area is 163 Å². The van der Waals surface area contributed by atoms with E-state index in [2.05, 4.69) is 5.32 Å². The van der Waals surface area contributed by atoms with E-state index in [1.165, 1.54) is 6.92 Å². The van der Waals surface area contributed by atoms with Gasteiger partial charge in [0.1, 0.15) is 6.54 Å². The average Bonchev–Trinajstić information content (AvgIpc) is 2.92. The molecular weight excluding hydrogens is 360 g/mol. The third kappa shape index (κ3) is 4.30. The number of benzene rings is 1. The number of nitrogens with one attached hydrogen (secondary N) is 1. The fraction of sp³-hybridized carbons (Fsp3) is 0.429. The number of rotatable bonds is 6. The molecule has 1 fully saturated rings. The minimum Gasteiger partial charge on any atom is -0.451 e. The number of imide groups is 1. The highest BCUT2D eigenvalue weighted by Crippen LogP contribution is 2.34. The predicted octanol–water partition coefficient (Wildman–Crippen LogP) is 1.49. The Bertz CT molecular complexity index is 789. The molecule has 2 aliphatic rings. The van der Waals surface area contributed by atoms with Crippen molar-refractivity contribution in [3.63, 3.8) is 0 Å². The molecule has 3 atom stereocenters. The van der Waals surface area contributed by atoms with Crippen LogP contribution in [0.15, 0.2) is 36.4 Å². The van der Waals surface area contributed by atoms with Crippen molar-refractivity contribution in [1.29, 1.82) is 0 Å². The van der Waals surface area contributed by atoms with Crippen molar-refractivity contribution in [3.8, 4) is 0 Å². The Hall–Kier alpha value is -2.96. The third-order valence-electron chi connectivity index (χ3n) is 5.15. The molecule has 3 amide bonds. The molecule has 1 heterocycles. The van der Waals surface area contributed by atoms with Crippen molar-refractivity contribution in [2.24, 2.45) is 11.8 Å². The van der Waals surface area contributed by atoms with Crippen LogP contribution in [0.5, 0.6) is 0 Å². The zero-order chi connectivity index (χ0) is 20.3. The molecule has 1 aliphatic carbocycles. The minimum absolute atomic E-state index is 0.320. The smallest absolute Gasteiger partial charge is 0.326 e. The first kappa shape index (κ1) is 19.8. The maximum atomic E-state index is 12.4. The molecule has 7 heteroatoms. The normalized spacial score (nSPS) is 22.0. The molecule has 0 spiro atoms. The molecule has 1 aromatic carbocycles. The van der Waals surface area contributed by atoms with E-state index >= 15 is 0 Å². The lowest BCUT2D eigenvalue weighted by Crippen LogP contribution is -2.40. The van der Waals surface area contributed by atoms with Crippen molar-refractivity contribution in [2.45, 2.75) is 39.3 Å². The summed E-state index contributed by atoms with van der Waals surface area (Å²) in [6, 6.07) is 7.71. The molecule has 0 bridgehead atoms. The van der Waals surface area contributed by atoms with Gasteiger partial charge in [-0.25, -0.2) is 0 Å². The van der Waals surface area contributed by atoms with Gasteiger partial charge in [-0.2, -0.15) is 0 Å². The van der Waals surface area contributed by atoms with Crippen molar-refractivity contribution < 1.29 is 23.9 Å². The first-order chi connectivity index (χ1) is 13.4. The number of amides is 3. The van der Waals surface area contributed by atoms with Crippen LogP contribution in [-0.2, 0) is 30.5 Å². The van der Waals surface area contributed by atoms with Gasteiger partial charge in [0.25, 0.3) is 5.91 Å². The minimum atomic E-state index is -1.02. The highest BCUT2D eigenvalue weighted by Gasteiger charge is 2.47. The fourth-order valence-electron chi connectivity index (χ4n) is 3.48. The fourth-order valence-corrected chi connectivity index (χ4v) is 3.48. The Morgan fingerprint density at radius 1 is 1.11 bits per heavy atom. The molecule has 148 valence electrons. The molecule has 0 aromatic heterocycles. The van der Waals surface area contributed by atoms with Gasteiger partial charge in [-0.15, -0.1) is 0 Å². The van der Waals surface area contributed by atoms with E-state index < -0.39 is 24.5 Å². The molecular formula is C21H24N2O5. The van der Waals surface area contributed by atoms with Crippen molar-refractivity contribution in [1.82, 2.24) is 10.2 Å². The molecule has 28 heavy (non-hydrogen) atoms. The van der Waals surface area contributed by atoms with E-state index in [1.807, 2.05) is 43.3 Å². The van der Waals surface area contributed by atoms with Crippen molar-refractivity contribution >= 4 is 23.7 Å². The summed E-state index contributed by atoms with van der Waals surface area (Å²) in [7, 11) is 0. The lowest BCUT2D eigenvalue weighted by Gasteiger charge is -2.17. The van der Waals surface area contributed by atoms with Crippen LogP contribution in [0.3, 0.4) is 0 Å². The lowest BCUT2D eigenvalue weighted by molar-refractivity contribution is -0.159. The van der Waals surface area contributed by atoms with Gasteiger partial charge in [0, 0.05) is 6.54 Å². The summed E-state index contributed by atoms with van der Waals surface area (Å²) in [6.45, 7) is 3.30. The largest absolute Gasteiger partial charge is 0.451 e. The number of allylic oxidation sites excluding steroid dienone is 2. The molecule has 1 aliphatic heterocycles. The monoisotopic (exact) mass is 384 g/mol. The number of hydrogen-bond acceptors (Lipinski definition) is 5. The first-order valence-corrected chi connectivity index (χ1v) is 9.39. The molecule has 1 saturated heterocycles. The maximum Gasteiger partial charge on any atom is 0.326 e. The van der Waals surface area contributed by atoms with Crippen LogP contribution in [0, 0.1) is 18.8 Å². The summed E-state index contributed by atoms with van der Waals surface area (Å²) in [6.07, 6.45) is 3.77.